The van der Waals surface area contributed by atoms with Gasteiger partial charge in [0.1, 0.15) is 10.6 Å². The fourth-order valence-electron chi connectivity index (χ4n) is 2.78. The van der Waals surface area contributed by atoms with E-state index in [0.717, 1.165) is 48.6 Å². The van der Waals surface area contributed by atoms with Gasteiger partial charge in [0.05, 0.1) is 5.39 Å². The van der Waals surface area contributed by atoms with E-state index >= 15 is 0 Å². The molecule has 3 heterocycles. The Balaban J connectivity index is 1.96. The van der Waals surface area contributed by atoms with Crippen molar-refractivity contribution in [2.45, 2.75) is 33.1 Å². The summed E-state index contributed by atoms with van der Waals surface area (Å²) >= 11 is 1.70. The predicted octanol–water partition coefficient (Wildman–Crippen LogP) is 3.75. The second-order valence-electron chi connectivity index (χ2n) is 5.63. The van der Waals surface area contributed by atoms with Gasteiger partial charge in [-0.15, -0.1) is 11.3 Å². The quantitative estimate of drug-likeness (QED) is 0.931. The Morgan fingerprint density at radius 2 is 2.35 bits per heavy atom. The molecule has 1 aliphatic heterocycles. The first kappa shape index (κ1) is 13.6. The molecule has 5 heteroatoms. The number of fused-ring (bicyclic) bond motifs is 1. The zero-order valence-corrected chi connectivity index (χ0v) is 13.0. The molecule has 1 saturated heterocycles. The fraction of sp³-hybridized carbons (Fsp3) is 0.600. The Morgan fingerprint density at radius 3 is 3.15 bits per heavy atom. The molecule has 1 aliphatic rings. The number of nitrogens with one attached hydrogen (secondary N) is 1. The topological polar surface area (TPSA) is 41.1 Å². The van der Waals surface area contributed by atoms with E-state index in [1.54, 1.807) is 11.3 Å². The first-order valence-corrected chi connectivity index (χ1v) is 8.40. The van der Waals surface area contributed by atoms with Gasteiger partial charge < -0.3 is 10.2 Å². The van der Waals surface area contributed by atoms with Crippen molar-refractivity contribution >= 4 is 33.3 Å². The van der Waals surface area contributed by atoms with Crippen LogP contribution in [0, 0.1) is 5.92 Å². The number of piperidine rings is 1. The minimum Gasteiger partial charge on any atom is -0.356 e. The normalized spacial score (nSPS) is 19.5. The molecule has 1 N–H and O–H groups in total. The van der Waals surface area contributed by atoms with Crippen molar-refractivity contribution in [2.75, 3.05) is 29.9 Å². The van der Waals surface area contributed by atoms with Crippen molar-refractivity contribution in [3.8, 4) is 0 Å². The molecule has 3 rings (SSSR count). The standard InChI is InChI=1S/C15H22N4S/c1-3-7-16-15-17-13(12-6-9-20-14(12)18-15)19-8-4-5-11(2)10-19/h6,9,11H,3-5,7-8,10H2,1-2H3,(H,16,17,18). The molecule has 1 fully saturated rings. The molecule has 1 atom stereocenters. The highest BCUT2D eigenvalue weighted by Crippen LogP contribution is 2.31. The minimum atomic E-state index is 0.749. The maximum atomic E-state index is 4.78. The van der Waals surface area contributed by atoms with E-state index in [1.165, 1.54) is 18.2 Å². The molecule has 0 saturated carbocycles. The molecule has 2 aromatic heterocycles. The average molecular weight is 290 g/mol. The van der Waals surface area contributed by atoms with Crippen LogP contribution in [0.3, 0.4) is 0 Å². The molecule has 0 bridgehead atoms. The highest BCUT2D eigenvalue weighted by Gasteiger charge is 2.21. The van der Waals surface area contributed by atoms with Gasteiger partial charge in [-0.2, -0.15) is 4.98 Å². The average Bonchev–Trinajstić information content (AvgIpc) is 2.92. The molecule has 0 aromatic carbocycles. The molecule has 108 valence electrons. The van der Waals surface area contributed by atoms with Gasteiger partial charge in [0.15, 0.2) is 0 Å². The summed E-state index contributed by atoms with van der Waals surface area (Å²) in [4.78, 5) is 12.9. The lowest BCUT2D eigenvalue weighted by Gasteiger charge is -2.32. The number of nitrogens with zero attached hydrogens (tertiary/aromatic N) is 3. The highest BCUT2D eigenvalue weighted by atomic mass is 32.1. The van der Waals surface area contributed by atoms with Gasteiger partial charge in [0, 0.05) is 19.6 Å². The summed E-state index contributed by atoms with van der Waals surface area (Å²) in [5.41, 5.74) is 0. The van der Waals surface area contributed by atoms with E-state index in [4.69, 9.17) is 4.98 Å². The summed E-state index contributed by atoms with van der Waals surface area (Å²) in [6, 6.07) is 2.15. The van der Waals surface area contributed by atoms with Crippen molar-refractivity contribution in [1.29, 1.82) is 0 Å². The van der Waals surface area contributed by atoms with E-state index < -0.39 is 0 Å². The van der Waals surface area contributed by atoms with Crippen LogP contribution in [0.25, 0.3) is 10.2 Å². The van der Waals surface area contributed by atoms with Crippen LogP contribution >= 0.6 is 11.3 Å². The summed E-state index contributed by atoms with van der Waals surface area (Å²) in [6.45, 7) is 7.62. The number of hydrogen-bond acceptors (Lipinski definition) is 5. The van der Waals surface area contributed by atoms with Gasteiger partial charge in [-0.25, -0.2) is 4.98 Å². The molecular weight excluding hydrogens is 268 g/mol. The first-order valence-electron chi connectivity index (χ1n) is 7.52. The van der Waals surface area contributed by atoms with Gasteiger partial charge in [-0.05, 0) is 36.6 Å². The van der Waals surface area contributed by atoms with Crippen LogP contribution in [0.4, 0.5) is 11.8 Å². The lowest BCUT2D eigenvalue weighted by atomic mass is 10.0. The van der Waals surface area contributed by atoms with E-state index in [0.29, 0.717) is 0 Å². The maximum absolute atomic E-state index is 4.78. The fourth-order valence-corrected chi connectivity index (χ4v) is 3.54. The minimum absolute atomic E-state index is 0.749. The van der Waals surface area contributed by atoms with Gasteiger partial charge in [0.25, 0.3) is 0 Å². The SMILES string of the molecule is CCCNc1nc(N2CCCC(C)C2)c2ccsc2n1. The van der Waals surface area contributed by atoms with Crippen molar-refractivity contribution in [3.05, 3.63) is 11.4 Å². The predicted molar refractivity (Wildman–Crippen MR) is 86.8 cm³/mol. The van der Waals surface area contributed by atoms with Crippen LogP contribution in [0.15, 0.2) is 11.4 Å². The van der Waals surface area contributed by atoms with Gasteiger partial charge in [-0.1, -0.05) is 13.8 Å². The third kappa shape index (κ3) is 2.73. The summed E-state index contributed by atoms with van der Waals surface area (Å²) < 4.78 is 0. The van der Waals surface area contributed by atoms with Gasteiger partial charge in [0.2, 0.25) is 5.95 Å². The molecule has 0 spiro atoms. The van der Waals surface area contributed by atoms with Crippen LogP contribution in [0.1, 0.15) is 33.1 Å². The Kier molecular flexibility index (Phi) is 4.05. The summed E-state index contributed by atoms with van der Waals surface area (Å²) in [7, 11) is 0. The molecule has 20 heavy (non-hydrogen) atoms. The number of aromatic nitrogens is 2. The highest BCUT2D eigenvalue weighted by molar-refractivity contribution is 7.16. The number of anilines is 2. The third-order valence-corrected chi connectivity index (χ3v) is 4.60. The molecular formula is C15H22N4S. The van der Waals surface area contributed by atoms with Crippen molar-refractivity contribution in [3.63, 3.8) is 0 Å². The lowest BCUT2D eigenvalue weighted by molar-refractivity contribution is 0.445. The van der Waals surface area contributed by atoms with E-state index in [-0.39, 0.29) is 0 Å². The molecule has 4 nitrogen and oxygen atoms in total. The van der Waals surface area contributed by atoms with Crippen molar-refractivity contribution in [1.82, 2.24) is 9.97 Å². The Morgan fingerprint density at radius 1 is 1.45 bits per heavy atom. The van der Waals surface area contributed by atoms with E-state index in [2.05, 4.69) is 40.5 Å². The van der Waals surface area contributed by atoms with Crippen LogP contribution < -0.4 is 10.2 Å². The number of rotatable bonds is 4. The summed E-state index contributed by atoms with van der Waals surface area (Å²) in [6.07, 6.45) is 3.67. The smallest absolute Gasteiger partial charge is 0.226 e. The molecule has 1 unspecified atom stereocenters. The first-order chi connectivity index (χ1) is 9.78. The summed E-state index contributed by atoms with van der Waals surface area (Å²) in [5.74, 6) is 2.64. The zero-order chi connectivity index (χ0) is 13.9. The largest absolute Gasteiger partial charge is 0.356 e. The van der Waals surface area contributed by atoms with Gasteiger partial charge in [-0.3, -0.25) is 0 Å². The van der Waals surface area contributed by atoms with Crippen molar-refractivity contribution in [2.24, 2.45) is 5.92 Å². The van der Waals surface area contributed by atoms with Crippen LogP contribution in [-0.2, 0) is 0 Å². The number of hydrogen-bond donors (Lipinski definition) is 1. The van der Waals surface area contributed by atoms with Crippen LogP contribution in [0.5, 0.6) is 0 Å². The van der Waals surface area contributed by atoms with Gasteiger partial charge >= 0.3 is 0 Å². The monoisotopic (exact) mass is 290 g/mol. The molecule has 0 aliphatic carbocycles. The Labute approximate surface area is 124 Å². The second-order valence-corrected chi connectivity index (χ2v) is 6.53. The lowest BCUT2D eigenvalue weighted by Crippen LogP contribution is -2.35. The number of thiophene rings is 1. The van der Waals surface area contributed by atoms with Crippen molar-refractivity contribution < 1.29 is 0 Å². The van der Waals surface area contributed by atoms with Crippen LogP contribution in [0.2, 0.25) is 0 Å². The van der Waals surface area contributed by atoms with E-state index in [9.17, 15) is 0 Å². The third-order valence-electron chi connectivity index (χ3n) is 3.79. The Bertz CT molecular complexity index is 580. The molecule has 0 radical (unpaired) electrons. The second kappa shape index (κ2) is 5.95. The van der Waals surface area contributed by atoms with E-state index in [1.807, 2.05) is 0 Å². The summed E-state index contributed by atoms with van der Waals surface area (Å²) in [5, 5.41) is 6.64. The zero-order valence-electron chi connectivity index (χ0n) is 12.2. The Hall–Kier alpha value is -1.36. The molecule has 0 amide bonds. The van der Waals surface area contributed by atoms with Crippen LogP contribution in [-0.4, -0.2) is 29.6 Å². The maximum Gasteiger partial charge on any atom is 0.226 e. The molecule has 2 aromatic rings.